The van der Waals surface area contributed by atoms with E-state index in [-0.39, 0.29) is 29.2 Å². The fourth-order valence-corrected chi connectivity index (χ4v) is 5.11. The minimum atomic E-state index is -0.475. The van der Waals surface area contributed by atoms with Crippen LogP contribution in [0.15, 0.2) is 46.9 Å². The zero-order valence-corrected chi connectivity index (χ0v) is 20.6. The normalized spacial score (nSPS) is 10.5. The molecular formula is C23H16ClN7O2S2. The van der Waals surface area contributed by atoms with Crippen molar-refractivity contribution in [2.75, 3.05) is 12.8 Å². The van der Waals surface area contributed by atoms with E-state index >= 15 is 0 Å². The summed E-state index contributed by atoms with van der Waals surface area (Å²) in [7, 11) is 1.28. The number of thiazole rings is 1. The van der Waals surface area contributed by atoms with Crippen LogP contribution in [0.3, 0.4) is 0 Å². The molecule has 12 heteroatoms. The maximum Gasteiger partial charge on any atom is 0.327 e. The second-order valence-electron chi connectivity index (χ2n) is 7.04. The van der Waals surface area contributed by atoms with Gasteiger partial charge in [0.25, 0.3) is 0 Å². The molecule has 0 unspecified atom stereocenters. The van der Waals surface area contributed by atoms with Gasteiger partial charge in [-0.1, -0.05) is 35.5 Å². The van der Waals surface area contributed by atoms with E-state index < -0.39 is 5.97 Å². The topological polar surface area (TPSA) is 124 Å². The Morgan fingerprint density at radius 2 is 2.11 bits per heavy atom. The number of hydrogen-bond acceptors (Lipinski definition) is 9. The predicted octanol–water partition coefficient (Wildman–Crippen LogP) is 5.19. The first-order chi connectivity index (χ1) is 16.9. The van der Waals surface area contributed by atoms with Gasteiger partial charge in [0.2, 0.25) is 5.69 Å². The largest absolute Gasteiger partial charge is 0.468 e. The number of nitrogens with two attached hydrogens (primary N) is 1. The van der Waals surface area contributed by atoms with E-state index in [0.717, 1.165) is 16.3 Å². The van der Waals surface area contributed by atoms with Gasteiger partial charge in [0.05, 0.1) is 30.6 Å². The number of carbonyl (C=O) groups excluding carboxylic acids is 1. The molecule has 0 radical (unpaired) electrons. The second-order valence-corrected chi connectivity index (χ2v) is 9.30. The average Bonchev–Trinajstić information content (AvgIpc) is 3.52. The minimum Gasteiger partial charge on any atom is -0.468 e. The third-order valence-corrected chi connectivity index (χ3v) is 7.01. The summed E-state index contributed by atoms with van der Waals surface area (Å²) in [6.07, 6.45) is 1.57. The quantitative estimate of drug-likeness (QED) is 0.200. The second kappa shape index (κ2) is 10.6. The lowest BCUT2D eigenvalue weighted by Crippen LogP contribution is -2.11. The van der Waals surface area contributed by atoms with Crippen molar-refractivity contribution < 1.29 is 9.53 Å². The lowest BCUT2D eigenvalue weighted by atomic mass is 10.1. The maximum atomic E-state index is 11.6. The monoisotopic (exact) mass is 521 g/mol. The van der Waals surface area contributed by atoms with Gasteiger partial charge >= 0.3 is 5.97 Å². The van der Waals surface area contributed by atoms with E-state index in [0.29, 0.717) is 21.5 Å². The van der Waals surface area contributed by atoms with Crippen LogP contribution in [-0.2, 0) is 21.8 Å². The van der Waals surface area contributed by atoms with Gasteiger partial charge in [0.1, 0.15) is 28.5 Å². The molecule has 3 aromatic heterocycles. The molecule has 9 nitrogen and oxygen atoms in total. The number of hydrogen-bond donors (Lipinski definition) is 1. The van der Waals surface area contributed by atoms with Crippen LogP contribution < -0.4 is 5.73 Å². The zero-order chi connectivity index (χ0) is 24.9. The molecule has 0 amide bonds. The Labute approximate surface area is 214 Å². The number of pyridine rings is 1. The molecule has 0 fully saturated rings. The molecule has 0 saturated heterocycles. The number of carbonyl (C=O) groups is 1. The third kappa shape index (κ3) is 5.28. The summed E-state index contributed by atoms with van der Waals surface area (Å²) in [5.74, 6) is -0.0323. The SMILES string of the molecule is [C-]#[N+]c1c(N)nc(SCc2csc(-c3ccc(Cl)cc3)n2)c(C#N)c1-c1ccn(CC(=O)OC)n1. The predicted molar refractivity (Wildman–Crippen MR) is 135 cm³/mol. The highest BCUT2D eigenvalue weighted by molar-refractivity contribution is 7.98. The van der Waals surface area contributed by atoms with Crippen molar-refractivity contribution in [1.29, 1.82) is 5.26 Å². The summed E-state index contributed by atoms with van der Waals surface area (Å²) < 4.78 is 6.03. The van der Waals surface area contributed by atoms with Gasteiger partial charge in [-0.15, -0.1) is 11.3 Å². The van der Waals surface area contributed by atoms with Crippen molar-refractivity contribution in [2.24, 2.45) is 0 Å². The molecular weight excluding hydrogens is 506 g/mol. The Hall–Kier alpha value is -3.90. The first-order valence-electron chi connectivity index (χ1n) is 9.98. The Bertz CT molecular complexity index is 1480. The fraction of sp³-hybridized carbons (Fsp3) is 0.130. The van der Waals surface area contributed by atoms with Gasteiger partial charge in [-0.2, -0.15) is 10.4 Å². The Kier molecular flexibility index (Phi) is 7.32. The molecule has 3 heterocycles. The van der Waals surface area contributed by atoms with Crippen molar-refractivity contribution >= 4 is 52.2 Å². The lowest BCUT2D eigenvalue weighted by molar-refractivity contribution is -0.141. The standard InChI is InChI=1S/C23H16ClN7O2S2/c1-27-20-19(17-7-8-31(30-17)10-18(32)33-2)16(9-25)23(29-21(20)26)35-12-15-11-34-22(28-15)13-3-5-14(24)6-4-13/h3-8,11H,10,12H2,2H3,(H2,26,29). The molecule has 4 aromatic rings. The van der Waals surface area contributed by atoms with Crippen LogP contribution in [0.5, 0.6) is 0 Å². The zero-order valence-electron chi connectivity index (χ0n) is 18.2. The average molecular weight is 522 g/mol. The van der Waals surface area contributed by atoms with Crippen LogP contribution in [0, 0.1) is 17.9 Å². The molecule has 0 aliphatic heterocycles. The van der Waals surface area contributed by atoms with Crippen molar-refractivity contribution in [2.45, 2.75) is 17.3 Å². The Morgan fingerprint density at radius 3 is 2.80 bits per heavy atom. The molecule has 35 heavy (non-hydrogen) atoms. The highest BCUT2D eigenvalue weighted by atomic mass is 35.5. The number of aromatic nitrogens is 4. The van der Waals surface area contributed by atoms with Crippen molar-refractivity contribution in [3.8, 4) is 27.9 Å². The smallest absolute Gasteiger partial charge is 0.327 e. The van der Waals surface area contributed by atoms with E-state index in [2.05, 4.69) is 30.7 Å². The number of benzene rings is 1. The van der Waals surface area contributed by atoms with Gasteiger partial charge in [0.15, 0.2) is 0 Å². The minimum absolute atomic E-state index is 0.000788. The number of nitrogen functional groups attached to an aromatic ring is 1. The Balaban J connectivity index is 1.64. The molecule has 174 valence electrons. The summed E-state index contributed by atoms with van der Waals surface area (Å²) in [6, 6.07) is 11.2. The van der Waals surface area contributed by atoms with Gasteiger partial charge in [-0.25, -0.2) is 14.8 Å². The molecule has 0 atom stereocenters. The summed E-state index contributed by atoms with van der Waals surface area (Å²) in [4.78, 5) is 24.0. The number of thioether (sulfide) groups is 1. The molecule has 0 bridgehead atoms. The molecule has 2 N–H and O–H groups in total. The maximum absolute atomic E-state index is 11.6. The molecule has 0 spiro atoms. The summed E-state index contributed by atoms with van der Waals surface area (Å²) >= 11 is 8.76. The number of esters is 1. The lowest BCUT2D eigenvalue weighted by Gasteiger charge is -2.11. The van der Waals surface area contributed by atoms with Gasteiger partial charge in [-0.05, 0) is 18.2 Å². The van der Waals surface area contributed by atoms with Crippen LogP contribution in [0.4, 0.5) is 11.5 Å². The summed E-state index contributed by atoms with van der Waals surface area (Å²) in [5.41, 5.74) is 8.70. The van der Waals surface area contributed by atoms with E-state index in [1.54, 1.807) is 12.3 Å². The number of rotatable bonds is 7. The van der Waals surface area contributed by atoms with Gasteiger partial charge in [-0.3, -0.25) is 9.48 Å². The highest BCUT2D eigenvalue weighted by Crippen LogP contribution is 2.41. The molecule has 1 aromatic carbocycles. The first kappa shape index (κ1) is 24.2. The van der Waals surface area contributed by atoms with E-state index in [9.17, 15) is 10.1 Å². The highest BCUT2D eigenvalue weighted by Gasteiger charge is 2.23. The summed E-state index contributed by atoms with van der Waals surface area (Å²) in [6.45, 7) is 7.46. The number of anilines is 1. The van der Waals surface area contributed by atoms with E-state index in [1.165, 1.54) is 34.9 Å². The van der Waals surface area contributed by atoms with Gasteiger partial charge in [0, 0.05) is 33.5 Å². The van der Waals surface area contributed by atoms with Crippen LogP contribution in [0.2, 0.25) is 5.02 Å². The third-order valence-electron chi connectivity index (χ3n) is 4.80. The van der Waals surface area contributed by atoms with Crippen molar-refractivity contribution in [3.63, 3.8) is 0 Å². The van der Waals surface area contributed by atoms with Crippen LogP contribution in [-0.4, -0.2) is 32.8 Å². The van der Waals surface area contributed by atoms with Crippen LogP contribution in [0.1, 0.15) is 11.3 Å². The molecule has 0 saturated carbocycles. The van der Waals surface area contributed by atoms with E-state index in [1.807, 2.05) is 29.6 Å². The first-order valence-corrected chi connectivity index (χ1v) is 12.2. The molecule has 0 aliphatic carbocycles. The van der Waals surface area contributed by atoms with Gasteiger partial charge < -0.3 is 10.5 Å². The summed E-state index contributed by atoms with van der Waals surface area (Å²) in [5, 5.41) is 18.1. The van der Waals surface area contributed by atoms with Crippen molar-refractivity contribution in [3.05, 3.63) is 69.6 Å². The van der Waals surface area contributed by atoms with Crippen LogP contribution >= 0.6 is 34.7 Å². The number of nitriles is 1. The van der Waals surface area contributed by atoms with Crippen LogP contribution in [0.25, 0.3) is 26.7 Å². The molecule has 0 aliphatic rings. The molecule has 4 rings (SSSR count). The Morgan fingerprint density at radius 1 is 1.34 bits per heavy atom. The fourth-order valence-electron chi connectivity index (χ4n) is 3.16. The van der Waals surface area contributed by atoms with Crippen molar-refractivity contribution in [1.82, 2.24) is 19.7 Å². The van der Waals surface area contributed by atoms with E-state index in [4.69, 9.17) is 23.9 Å². The number of ether oxygens (including phenoxy) is 1. The number of methoxy groups -OCH3 is 1. The number of halogens is 1. The number of nitrogens with zero attached hydrogens (tertiary/aromatic N) is 6.